The second kappa shape index (κ2) is 4.00. The van der Waals surface area contributed by atoms with E-state index in [1.165, 1.54) is 0 Å². The van der Waals surface area contributed by atoms with Crippen LogP contribution in [0.1, 0.15) is 13.8 Å². The summed E-state index contributed by atoms with van der Waals surface area (Å²) < 4.78 is 14.4. The lowest BCUT2D eigenvalue weighted by atomic mass is 10.1. The predicted molar refractivity (Wildman–Crippen MR) is 42.9 cm³/mol. The number of hydrogen-bond donors (Lipinski definition) is 3. The Kier molecular flexibility index (Phi) is 3.86. The van der Waals surface area contributed by atoms with Crippen molar-refractivity contribution in [3.63, 3.8) is 0 Å². The third kappa shape index (κ3) is 4.46. The van der Waals surface area contributed by atoms with Crippen molar-refractivity contribution in [2.45, 2.75) is 19.9 Å². The van der Waals surface area contributed by atoms with Crippen LogP contribution in [-0.4, -0.2) is 16.9 Å². The van der Waals surface area contributed by atoms with E-state index < -0.39 is 19.8 Å². The molecule has 7 heteroatoms. The molecule has 0 saturated carbocycles. The zero-order valence-corrected chi connectivity index (χ0v) is 7.82. The molecule has 5 N–H and O–H groups in total. The summed E-state index contributed by atoms with van der Waals surface area (Å²) in [5.74, 6) is -1.12. The average Bonchev–Trinajstić information content (AvgIpc) is 1.82. The summed E-state index contributed by atoms with van der Waals surface area (Å²) in [5, 5.41) is 0. The lowest BCUT2D eigenvalue weighted by Gasteiger charge is -2.14. The summed E-state index contributed by atoms with van der Waals surface area (Å²) in [4.78, 5) is 19.3. The van der Waals surface area contributed by atoms with E-state index in [1.807, 2.05) is 0 Å². The zero-order chi connectivity index (χ0) is 9.94. The van der Waals surface area contributed by atoms with E-state index in [0.717, 1.165) is 0 Å². The number of nitrogens with two attached hydrogens (primary N) is 2. The minimum atomic E-state index is -4.24. The van der Waals surface area contributed by atoms with Crippen molar-refractivity contribution in [2.24, 2.45) is 17.2 Å². The minimum absolute atomic E-state index is 0.163. The van der Waals surface area contributed by atoms with E-state index in [4.69, 9.17) is 10.6 Å². The Morgan fingerprint density at radius 3 is 2.25 bits per heavy atom. The normalized spacial score (nSPS) is 18.5. The monoisotopic (exact) mass is 196 g/mol. The molecule has 0 aliphatic rings. The van der Waals surface area contributed by atoms with Crippen molar-refractivity contribution in [3.05, 3.63) is 0 Å². The van der Waals surface area contributed by atoms with Crippen LogP contribution in [0.4, 0.5) is 0 Å². The largest absolute Gasteiger partial charge is 0.455 e. The Hall–Kier alpha value is -0.420. The van der Waals surface area contributed by atoms with Crippen molar-refractivity contribution in [2.75, 3.05) is 0 Å². The molecular formula is C5H13N2O4P. The first-order valence-electron chi connectivity index (χ1n) is 3.34. The summed E-state index contributed by atoms with van der Waals surface area (Å²) in [5.41, 5.74) is 9.89. The smallest absolute Gasteiger partial charge is 0.379 e. The highest BCUT2D eigenvalue weighted by atomic mass is 31.2. The molecule has 0 heterocycles. The highest BCUT2D eigenvalue weighted by molar-refractivity contribution is 7.50. The van der Waals surface area contributed by atoms with Gasteiger partial charge in [0, 0.05) is 0 Å². The lowest BCUT2D eigenvalue weighted by molar-refractivity contribution is -0.137. The molecule has 2 unspecified atom stereocenters. The molecular weight excluding hydrogens is 183 g/mol. The van der Waals surface area contributed by atoms with Gasteiger partial charge in [0.2, 0.25) is 0 Å². The molecule has 0 aromatic carbocycles. The first-order valence-corrected chi connectivity index (χ1v) is 4.99. The maximum absolute atomic E-state index is 10.8. The molecule has 0 bridgehead atoms. The van der Waals surface area contributed by atoms with Gasteiger partial charge in [-0.3, -0.25) is 0 Å². The van der Waals surface area contributed by atoms with Gasteiger partial charge in [0.05, 0.1) is 0 Å². The van der Waals surface area contributed by atoms with Crippen LogP contribution in [0.15, 0.2) is 0 Å². The fraction of sp³-hybridized carbons (Fsp3) is 0.800. The Morgan fingerprint density at radius 2 is 2.00 bits per heavy atom. The molecule has 0 radical (unpaired) electrons. The van der Waals surface area contributed by atoms with Gasteiger partial charge in [-0.2, -0.15) is 0 Å². The molecule has 0 aromatic rings. The van der Waals surface area contributed by atoms with Crippen LogP contribution in [0.2, 0.25) is 0 Å². The van der Waals surface area contributed by atoms with Crippen LogP contribution in [0, 0.1) is 5.92 Å². The third-order valence-electron chi connectivity index (χ3n) is 1.21. The van der Waals surface area contributed by atoms with E-state index in [9.17, 15) is 9.36 Å². The fourth-order valence-corrected chi connectivity index (χ4v) is 0.841. The standard InChI is InChI=1S/C5H13N2O4P/c1-3(2)4(6)5(8)11-12(7,9)10/h3-4H,6H2,1-2H3,(H3,7,9,10). The van der Waals surface area contributed by atoms with Gasteiger partial charge in [0.1, 0.15) is 6.04 Å². The second-order valence-electron chi connectivity index (χ2n) is 2.74. The lowest BCUT2D eigenvalue weighted by Crippen LogP contribution is -2.36. The van der Waals surface area contributed by atoms with E-state index in [2.05, 4.69) is 10.0 Å². The van der Waals surface area contributed by atoms with E-state index in [0.29, 0.717) is 0 Å². The Bertz CT molecular complexity index is 211. The van der Waals surface area contributed by atoms with Gasteiger partial charge in [-0.05, 0) is 5.92 Å². The topological polar surface area (TPSA) is 116 Å². The number of carbonyl (C=O) groups is 1. The highest BCUT2D eigenvalue weighted by Gasteiger charge is 2.25. The Balaban J connectivity index is 4.15. The molecule has 12 heavy (non-hydrogen) atoms. The molecule has 0 amide bonds. The van der Waals surface area contributed by atoms with Crippen molar-refractivity contribution in [3.8, 4) is 0 Å². The van der Waals surface area contributed by atoms with Crippen LogP contribution >= 0.6 is 7.75 Å². The molecule has 0 spiro atoms. The molecule has 2 atom stereocenters. The first-order chi connectivity index (χ1) is 5.24. The summed E-state index contributed by atoms with van der Waals surface area (Å²) in [6, 6.07) is -0.922. The summed E-state index contributed by atoms with van der Waals surface area (Å²) in [6.07, 6.45) is 0. The molecule has 0 aliphatic heterocycles. The summed E-state index contributed by atoms with van der Waals surface area (Å²) in [7, 11) is -4.24. The van der Waals surface area contributed by atoms with Gasteiger partial charge in [-0.15, -0.1) is 0 Å². The van der Waals surface area contributed by atoms with Crippen LogP contribution in [-0.2, 0) is 13.9 Å². The van der Waals surface area contributed by atoms with Crippen LogP contribution in [0.25, 0.3) is 0 Å². The van der Waals surface area contributed by atoms with Gasteiger partial charge in [0.25, 0.3) is 0 Å². The molecule has 0 saturated heterocycles. The van der Waals surface area contributed by atoms with Crippen molar-refractivity contribution < 1.29 is 18.8 Å². The van der Waals surface area contributed by atoms with E-state index in [1.54, 1.807) is 13.8 Å². The number of carbonyl (C=O) groups excluding carboxylic acids is 1. The Morgan fingerprint density at radius 1 is 1.58 bits per heavy atom. The van der Waals surface area contributed by atoms with Crippen LogP contribution in [0.3, 0.4) is 0 Å². The maximum Gasteiger partial charge on any atom is 0.455 e. The SMILES string of the molecule is CC(C)C(N)C(=O)OP(N)(=O)O. The predicted octanol–water partition coefficient (Wildman–Crippen LogP) is -0.428. The molecule has 0 aromatic heterocycles. The van der Waals surface area contributed by atoms with Gasteiger partial charge in [-0.1, -0.05) is 13.8 Å². The highest BCUT2D eigenvalue weighted by Crippen LogP contribution is 2.31. The van der Waals surface area contributed by atoms with Crippen molar-refractivity contribution in [1.29, 1.82) is 0 Å². The maximum atomic E-state index is 10.8. The zero-order valence-electron chi connectivity index (χ0n) is 6.93. The molecule has 6 nitrogen and oxygen atoms in total. The fourth-order valence-electron chi connectivity index (χ4n) is 0.462. The first kappa shape index (κ1) is 11.6. The second-order valence-corrected chi connectivity index (χ2v) is 4.06. The molecule has 0 fully saturated rings. The molecule has 0 aliphatic carbocycles. The van der Waals surface area contributed by atoms with Crippen LogP contribution < -0.4 is 11.2 Å². The van der Waals surface area contributed by atoms with Gasteiger partial charge < -0.3 is 15.2 Å². The van der Waals surface area contributed by atoms with Crippen molar-refractivity contribution in [1.82, 2.24) is 0 Å². The molecule has 72 valence electrons. The van der Waals surface area contributed by atoms with Gasteiger partial charge >= 0.3 is 13.7 Å². The number of rotatable bonds is 3. The van der Waals surface area contributed by atoms with E-state index >= 15 is 0 Å². The summed E-state index contributed by atoms with van der Waals surface area (Å²) >= 11 is 0. The minimum Gasteiger partial charge on any atom is -0.379 e. The van der Waals surface area contributed by atoms with Gasteiger partial charge in [0.15, 0.2) is 0 Å². The van der Waals surface area contributed by atoms with Crippen molar-refractivity contribution >= 4 is 13.7 Å². The van der Waals surface area contributed by atoms with Gasteiger partial charge in [-0.25, -0.2) is 14.9 Å². The quantitative estimate of drug-likeness (QED) is 0.527. The Labute approximate surface area is 70.5 Å². The van der Waals surface area contributed by atoms with E-state index in [-0.39, 0.29) is 5.92 Å². The molecule has 0 rings (SSSR count). The average molecular weight is 196 g/mol. The summed E-state index contributed by atoms with van der Waals surface area (Å²) in [6.45, 7) is 3.37. The third-order valence-corrected chi connectivity index (χ3v) is 1.65. The van der Waals surface area contributed by atoms with Crippen LogP contribution in [0.5, 0.6) is 0 Å². The number of hydrogen-bond acceptors (Lipinski definition) is 4.